The first kappa shape index (κ1) is 14.0. The summed E-state index contributed by atoms with van der Waals surface area (Å²) in [6.45, 7) is 1.73. The molecule has 20 heavy (non-hydrogen) atoms. The molecule has 3 aromatic heterocycles. The standard InChI is InChI=1S/C14H14BrN3S2/c1-17(8-12-2-3-14(15)20-12)10-18-6-4-13(16-18)11-5-7-19-9-11/h2-7,9H,8,10H2,1H3. The van der Waals surface area contributed by atoms with Crippen LogP contribution in [0.2, 0.25) is 0 Å². The van der Waals surface area contributed by atoms with E-state index in [1.54, 1.807) is 22.7 Å². The van der Waals surface area contributed by atoms with Crippen molar-refractivity contribution in [1.82, 2.24) is 14.7 Å². The lowest BCUT2D eigenvalue weighted by Crippen LogP contribution is -2.21. The Kier molecular flexibility index (Phi) is 4.35. The highest BCUT2D eigenvalue weighted by atomic mass is 79.9. The number of aromatic nitrogens is 2. The van der Waals surface area contributed by atoms with Crippen LogP contribution in [0.5, 0.6) is 0 Å². The molecule has 0 aliphatic carbocycles. The smallest absolute Gasteiger partial charge is 0.0932 e. The summed E-state index contributed by atoms with van der Waals surface area (Å²) in [5, 5.41) is 8.82. The highest BCUT2D eigenvalue weighted by Crippen LogP contribution is 2.23. The molecule has 0 amide bonds. The number of nitrogens with zero attached hydrogens (tertiary/aromatic N) is 3. The van der Waals surface area contributed by atoms with Gasteiger partial charge in [0.15, 0.2) is 0 Å². The topological polar surface area (TPSA) is 21.1 Å². The summed E-state index contributed by atoms with van der Waals surface area (Å²) in [5.41, 5.74) is 2.23. The maximum absolute atomic E-state index is 4.62. The zero-order chi connectivity index (χ0) is 13.9. The van der Waals surface area contributed by atoms with Gasteiger partial charge in [-0.15, -0.1) is 11.3 Å². The lowest BCUT2D eigenvalue weighted by Gasteiger charge is -2.15. The molecular weight excluding hydrogens is 354 g/mol. The Bertz CT molecular complexity index is 672. The number of halogens is 1. The van der Waals surface area contributed by atoms with Gasteiger partial charge in [0, 0.05) is 28.6 Å². The lowest BCUT2D eigenvalue weighted by atomic mass is 10.2. The van der Waals surface area contributed by atoms with Gasteiger partial charge in [-0.2, -0.15) is 16.4 Å². The van der Waals surface area contributed by atoms with E-state index in [-0.39, 0.29) is 0 Å². The number of thiophene rings is 2. The summed E-state index contributed by atoms with van der Waals surface area (Å²) in [6, 6.07) is 8.42. The Labute approximate surface area is 134 Å². The first-order chi connectivity index (χ1) is 9.70. The van der Waals surface area contributed by atoms with Gasteiger partial charge in [0.25, 0.3) is 0 Å². The number of hydrogen-bond acceptors (Lipinski definition) is 4. The minimum absolute atomic E-state index is 0.791. The summed E-state index contributed by atoms with van der Waals surface area (Å²) < 4.78 is 3.16. The van der Waals surface area contributed by atoms with Crippen molar-refractivity contribution in [3.05, 3.63) is 49.9 Å². The quantitative estimate of drug-likeness (QED) is 0.660. The van der Waals surface area contributed by atoms with Gasteiger partial charge in [0.1, 0.15) is 0 Å². The van der Waals surface area contributed by atoms with E-state index >= 15 is 0 Å². The van der Waals surface area contributed by atoms with Gasteiger partial charge in [-0.25, -0.2) is 0 Å². The first-order valence-electron chi connectivity index (χ1n) is 6.19. The fourth-order valence-corrected chi connectivity index (χ4v) is 4.22. The third-order valence-electron chi connectivity index (χ3n) is 2.90. The second-order valence-electron chi connectivity index (χ2n) is 4.61. The van der Waals surface area contributed by atoms with Crippen LogP contribution in [0.3, 0.4) is 0 Å². The van der Waals surface area contributed by atoms with E-state index in [0.29, 0.717) is 0 Å². The molecule has 3 nitrogen and oxygen atoms in total. The molecular formula is C14H14BrN3S2. The summed E-state index contributed by atoms with van der Waals surface area (Å²) in [7, 11) is 2.11. The van der Waals surface area contributed by atoms with Crippen LogP contribution in [0.1, 0.15) is 4.88 Å². The highest BCUT2D eigenvalue weighted by molar-refractivity contribution is 9.11. The van der Waals surface area contributed by atoms with Crippen molar-refractivity contribution in [2.24, 2.45) is 0 Å². The molecule has 0 spiro atoms. The average molecular weight is 368 g/mol. The third-order valence-corrected chi connectivity index (χ3v) is 5.19. The Morgan fingerprint density at radius 2 is 2.20 bits per heavy atom. The molecule has 104 valence electrons. The minimum Gasteiger partial charge on any atom is -0.282 e. The molecule has 0 aliphatic heterocycles. The molecule has 0 atom stereocenters. The van der Waals surface area contributed by atoms with Crippen LogP contribution in [-0.4, -0.2) is 21.7 Å². The van der Waals surface area contributed by atoms with Crippen molar-refractivity contribution >= 4 is 38.6 Å². The molecule has 0 radical (unpaired) electrons. The Balaban J connectivity index is 1.63. The monoisotopic (exact) mass is 367 g/mol. The van der Waals surface area contributed by atoms with Gasteiger partial charge in [-0.05, 0) is 52.6 Å². The van der Waals surface area contributed by atoms with Gasteiger partial charge in [0.2, 0.25) is 0 Å². The minimum atomic E-state index is 0.791. The van der Waals surface area contributed by atoms with Crippen LogP contribution >= 0.6 is 38.6 Å². The van der Waals surface area contributed by atoms with E-state index in [1.165, 1.54) is 14.2 Å². The van der Waals surface area contributed by atoms with E-state index in [4.69, 9.17) is 0 Å². The molecule has 0 N–H and O–H groups in total. The fourth-order valence-electron chi connectivity index (χ4n) is 2.00. The maximum atomic E-state index is 4.62. The van der Waals surface area contributed by atoms with Gasteiger partial charge in [-0.3, -0.25) is 9.58 Å². The van der Waals surface area contributed by atoms with Crippen LogP contribution in [-0.2, 0) is 13.2 Å². The summed E-state index contributed by atoms with van der Waals surface area (Å²) in [5.74, 6) is 0. The summed E-state index contributed by atoms with van der Waals surface area (Å²) in [4.78, 5) is 3.60. The van der Waals surface area contributed by atoms with Crippen LogP contribution < -0.4 is 0 Å². The van der Waals surface area contributed by atoms with Crippen molar-refractivity contribution in [2.75, 3.05) is 7.05 Å². The second-order valence-corrected chi connectivity index (χ2v) is 7.94. The fraction of sp³-hybridized carbons (Fsp3) is 0.214. The Morgan fingerprint density at radius 1 is 1.30 bits per heavy atom. The van der Waals surface area contributed by atoms with Gasteiger partial charge >= 0.3 is 0 Å². The van der Waals surface area contributed by atoms with Crippen LogP contribution in [0.15, 0.2) is 45.0 Å². The molecule has 0 unspecified atom stereocenters. The molecule has 3 aromatic rings. The predicted molar refractivity (Wildman–Crippen MR) is 89.0 cm³/mol. The summed E-state index contributed by atoms with van der Waals surface area (Å²) >= 11 is 6.97. The van der Waals surface area contributed by atoms with E-state index < -0.39 is 0 Å². The van der Waals surface area contributed by atoms with Crippen molar-refractivity contribution < 1.29 is 0 Å². The number of rotatable bonds is 5. The van der Waals surface area contributed by atoms with Crippen LogP contribution in [0.4, 0.5) is 0 Å². The van der Waals surface area contributed by atoms with E-state index in [2.05, 4.69) is 68.0 Å². The zero-order valence-corrected chi connectivity index (χ0v) is 14.2. The molecule has 0 bridgehead atoms. The molecule has 0 saturated heterocycles. The predicted octanol–water partition coefficient (Wildman–Crippen LogP) is 4.53. The molecule has 0 saturated carbocycles. The number of hydrogen-bond donors (Lipinski definition) is 0. The zero-order valence-electron chi connectivity index (χ0n) is 11.0. The Morgan fingerprint density at radius 3 is 2.90 bits per heavy atom. The van der Waals surface area contributed by atoms with Gasteiger partial charge < -0.3 is 0 Å². The maximum Gasteiger partial charge on any atom is 0.0932 e. The molecule has 0 fully saturated rings. The van der Waals surface area contributed by atoms with E-state index in [0.717, 1.165) is 18.9 Å². The molecule has 6 heteroatoms. The van der Waals surface area contributed by atoms with Gasteiger partial charge in [0.05, 0.1) is 16.1 Å². The van der Waals surface area contributed by atoms with Crippen molar-refractivity contribution in [3.63, 3.8) is 0 Å². The second kappa shape index (κ2) is 6.22. The highest BCUT2D eigenvalue weighted by Gasteiger charge is 2.06. The van der Waals surface area contributed by atoms with Crippen molar-refractivity contribution in [2.45, 2.75) is 13.2 Å². The normalized spacial score (nSPS) is 11.3. The van der Waals surface area contributed by atoms with Gasteiger partial charge in [-0.1, -0.05) is 0 Å². The SMILES string of the molecule is CN(Cc1ccc(Br)s1)Cn1ccc(-c2ccsc2)n1. The Hall–Kier alpha value is -0.950. The van der Waals surface area contributed by atoms with E-state index in [9.17, 15) is 0 Å². The van der Waals surface area contributed by atoms with Crippen molar-refractivity contribution in [3.8, 4) is 11.3 Å². The lowest BCUT2D eigenvalue weighted by molar-refractivity contribution is 0.249. The molecule has 0 aromatic carbocycles. The molecule has 0 aliphatic rings. The van der Waals surface area contributed by atoms with Crippen molar-refractivity contribution in [1.29, 1.82) is 0 Å². The van der Waals surface area contributed by atoms with Crippen LogP contribution in [0, 0.1) is 0 Å². The average Bonchev–Trinajstić information content (AvgIpc) is 3.10. The molecule has 3 heterocycles. The molecule has 3 rings (SSSR count). The summed E-state index contributed by atoms with van der Waals surface area (Å²) in [6.07, 6.45) is 2.04. The largest absolute Gasteiger partial charge is 0.282 e. The van der Waals surface area contributed by atoms with Crippen LogP contribution in [0.25, 0.3) is 11.3 Å². The third kappa shape index (κ3) is 3.38. The first-order valence-corrected chi connectivity index (χ1v) is 8.75. The van der Waals surface area contributed by atoms with E-state index in [1.807, 2.05) is 10.9 Å².